The van der Waals surface area contributed by atoms with Crippen LogP contribution in [-0.4, -0.2) is 43.3 Å². The zero-order valence-electron chi connectivity index (χ0n) is 25.7. The minimum absolute atomic E-state index is 0.0352. The molecule has 1 N–H and O–H groups in total. The van der Waals surface area contributed by atoms with E-state index in [0.717, 1.165) is 9.87 Å². The van der Waals surface area contributed by atoms with Gasteiger partial charge < -0.3 is 10.2 Å². The Kier molecular flexibility index (Phi) is 11.0. The van der Waals surface area contributed by atoms with Crippen LogP contribution in [0.2, 0.25) is 10.0 Å². The Balaban J connectivity index is 1.86. The number of hydrogen-bond donors (Lipinski definition) is 1. The minimum atomic E-state index is -4.19. The average Bonchev–Trinajstić information content (AvgIpc) is 2.99. The topological polar surface area (TPSA) is 86.8 Å². The highest BCUT2D eigenvalue weighted by atomic mass is 35.5. The van der Waals surface area contributed by atoms with E-state index in [-0.39, 0.29) is 17.9 Å². The van der Waals surface area contributed by atoms with Crippen LogP contribution in [0.5, 0.6) is 0 Å². The second-order valence-corrected chi connectivity index (χ2v) is 14.5. The van der Waals surface area contributed by atoms with E-state index in [9.17, 15) is 18.0 Å². The van der Waals surface area contributed by atoms with Crippen molar-refractivity contribution in [1.29, 1.82) is 0 Å². The molecule has 0 fully saturated rings. The molecule has 45 heavy (non-hydrogen) atoms. The van der Waals surface area contributed by atoms with Crippen molar-refractivity contribution in [3.63, 3.8) is 0 Å². The van der Waals surface area contributed by atoms with Crippen LogP contribution in [-0.2, 0) is 32.6 Å². The number of amides is 2. The number of anilines is 1. The summed E-state index contributed by atoms with van der Waals surface area (Å²) in [4.78, 5) is 30.0. The Morgan fingerprint density at radius 1 is 0.800 bits per heavy atom. The number of sulfonamides is 1. The van der Waals surface area contributed by atoms with Gasteiger partial charge in [0.15, 0.2) is 0 Å². The summed E-state index contributed by atoms with van der Waals surface area (Å²) in [7, 11) is -4.19. The van der Waals surface area contributed by atoms with Crippen molar-refractivity contribution in [1.82, 2.24) is 10.2 Å². The first kappa shape index (κ1) is 34.0. The molecule has 0 saturated heterocycles. The van der Waals surface area contributed by atoms with Crippen LogP contribution in [0.4, 0.5) is 5.69 Å². The van der Waals surface area contributed by atoms with Crippen molar-refractivity contribution in [3.05, 3.63) is 130 Å². The van der Waals surface area contributed by atoms with Crippen molar-refractivity contribution >= 4 is 50.7 Å². The predicted octanol–water partition coefficient (Wildman–Crippen LogP) is 7.05. The van der Waals surface area contributed by atoms with Crippen molar-refractivity contribution in [3.8, 4) is 0 Å². The normalized spacial score (nSPS) is 12.3. The Morgan fingerprint density at radius 2 is 1.36 bits per heavy atom. The molecule has 4 rings (SSSR count). The number of halogens is 2. The lowest BCUT2D eigenvalue weighted by molar-refractivity contribution is -0.140. The van der Waals surface area contributed by atoms with Gasteiger partial charge in [0.2, 0.25) is 11.8 Å². The highest BCUT2D eigenvalue weighted by molar-refractivity contribution is 7.92. The number of para-hydroxylation sites is 1. The Bertz CT molecular complexity index is 1720. The van der Waals surface area contributed by atoms with E-state index < -0.39 is 40.0 Å². The second kappa shape index (κ2) is 14.5. The summed E-state index contributed by atoms with van der Waals surface area (Å²) in [6.07, 6.45) is 0.173. The standard InChI is InChI=1S/C35H37Cl2N3O4S/c1-25-14-11-12-21-31(25)40(45(43,44)27-17-9-6-10-18-27)24-33(41)39(23-28-29(36)19-13-20-30(28)37)32(34(42)38-35(2,3)4)22-26-15-7-5-8-16-26/h5-21,32H,22-24H2,1-4H3,(H,38,42)/t32-/m1/s1. The van der Waals surface area contributed by atoms with Gasteiger partial charge in [0, 0.05) is 34.1 Å². The lowest BCUT2D eigenvalue weighted by atomic mass is 10.0. The van der Waals surface area contributed by atoms with Gasteiger partial charge in [-0.1, -0.05) is 96.0 Å². The van der Waals surface area contributed by atoms with Gasteiger partial charge in [-0.25, -0.2) is 8.42 Å². The first-order valence-electron chi connectivity index (χ1n) is 14.5. The van der Waals surface area contributed by atoms with Crippen molar-refractivity contribution < 1.29 is 18.0 Å². The third-order valence-electron chi connectivity index (χ3n) is 7.15. The molecule has 0 bridgehead atoms. The molecule has 10 heteroatoms. The van der Waals surface area contributed by atoms with E-state index in [1.54, 1.807) is 67.6 Å². The van der Waals surface area contributed by atoms with E-state index in [4.69, 9.17) is 23.2 Å². The lowest BCUT2D eigenvalue weighted by Crippen LogP contribution is -2.56. The SMILES string of the molecule is Cc1ccccc1N(CC(=O)N(Cc1c(Cl)cccc1Cl)[C@H](Cc1ccccc1)C(=O)NC(C)(C)C)S(=O)(=O)c1ccccc1. The number of hydrogen-bond acceptors (Lipinski definition) is 4. The molecule has 0 aliphatic rings. The van der Waals surface area contributed by atoms with E-state index in [1.807, 2.05) is 51.1 Å². The highest BCUT2D eigenvalue weighted by Gasteiger charge is 2.36. The largest absolute Gasteiger partial charge is 0.350 e. The molecule has 0 radical (unpaired) electrons. The molecule has 0 aromatic heterocycles. The third-order valence-corrected chi connectivity index (χ3v) is 9.64. The summed E-state index contributed by atoms with van der Waals surface area (Å²) in [5, 5.41) is 3.65. The number of nitrogens with zero attached hydrogens (tertiary/aromatic N) is 2. The molecule has 4 aromatic rings. The van der Waals surface area contributed by atoms with Gasteiger partial charge in [-0.3, -0.25) is 13.9 Å². The van der Waals surface area contributed by atoms with Crippen LogP contribution in [0, 0.1) is 6.92 Å². The molecule has 236 valence electrons. The van der Waals surface area contributed by atoms with E-state index in [1.165, 1.54) is 17.0 Å². The first-order chi connectivity index (χ1) is 21.3. The molecule has 0 aliphatic carbocycles. The zero-order chi connectivity index (χ0) is 32.8. The Hall–Kier alpha value is -3.85. The quantitative estimate of drug-likeness (QED) is 0.186. The molecular weight excluding hydrogens is 629 g/mol. The summed E-state index contributed by atoms with van der Waals surface area (Å²) >= 11 is 13.1. The molecule has 0 heterocycles. The molecule has 0 spiro atoms. The van der Waals surface area contributed by atoms with Crippen molar-refractivity contribution in [2.75, 3.05) is 10.8 Å². The lowest BCUT2D eigenvalue weighted by Gasteiger charge is -2.36. The number of benzene rings is 4. The van der Waals surface area contributed by atoms with Crippen LogP contribution in [0.25, 0.3) is 0 Å². The third kappa shape index (κ3) is 8.66. The van der Waals surface area contributed by atoms with Gasteiger partial charge in [0.25, 0.3) is 10.0 Å². The van der Waals surface area contributed by atoms with Gasteiger partial charge in [0.1, 0.15) is 12.6 Å². The molecule has 1 atom stereocenters. The predicted molar refractivity (Wildman–Crippen MR) is 181 cm³/mol. The molecular formula is C35H37Cl2N3O4S. The summed E-state index contributed by atoms with van der Waals surface area (Å²) in [6, 6.07) is 28.2. The van der Waals surface area contributed by atoms with Gasteiger partial charge >= 0.3 is 0 Å². The van der Waals surface area contributed by atoms with Gasteiger partial charge in [0.05, 0.1) is 10.6 Å². The molecule has 0 unspecified atom stereocenters. The first-order valence-corrected chi connectivity index (χ1v) is 16.7. The Labute approximate surface area is 275 Å². The second-order valence-electron chi connectivity index (χ2n) is 11.8. The van der Waals surface area contributed by atoms with Gasteiger partial charge in [-0.05, 0) is 69.2 Å². The minimum Gasteiger partial charge on any atom is -0.350 e. The van der Waals surface area contributed by atoms with Crippen molar-refractivity contribution in [2.24, 2.45) is 0 Å². The number of carbonyl (C=O) groups excluding carboxylic acids is 2. The van der Waals surface area contributed by atoms with Crippen LogP contribution in [0.1, 0.15) is 37.5 Å². The zero-order valence-corrected chi connectivity index (χ0v) is 28.0. The number of rotatable bonds is 11. The van der Waals surface area contributed by atoms with E-state index in [2.05, 4.69) is 5.32 Å². The van der Waals surface area contributed by atoms with Crippen molar-refractivity contribution in [2.45, 2.75) is 57.1 Å². The molecule has 4 aromatic carbocycles. The summed E-state index contributed by atoms with van der Waals surface area (Å²) in [5.74, 6) is -0.991. The number of nitrogens with one attached hydrogen (secondary N) is 1. The van der Waals surface area contributed by atoms with Gasteiger partial charge in [-0.15, -0.1) is 0 Å². The Morgan fingerprint density at radius 3 is 1.93 bits per heavy atom. The monoisotopic (exact) mass is 665 g/mol. The molecule has 7 nitrogen and oxygen atoms in total. The maximum absolute atomic E-state index is 14.6. The summed E-state index contributed by atoms with van der Waals surface area (Å²) in [6.45, 7) is 6.65. The van der Waals surface area contributed by atoms with Crippen LogP contribution < -0.4 is 9.62 Å². The fraction of sp³-hybridized carbons (Fsp3) is 0.257. The number of carbonyl (C=O) groups is 2. The van der Waals surface area contributed by atoms with Crippen LogP contribution >= 0.6 is 23.2 Å². The van der Waals surface area contributed by atoms with E-state index >= 15 is 0 Å². The van der Waals surface area contributed by atoms with Crippen LogP contribution in [0.3, 0.4) is 0 Å². The smallest absolute Gasteiger partial charge is 0.264 e. The maximum Gasteiger partial charge on any atom is 0.264 e. The molecule has 0 aliphatic heterocycles. The molecule has 0 saturated carbocycles. The average molecular weight is 667 g/mol. The molecule has 2 amide bonds. The number of aryl methyl sites for hydroxylation is 1. The summed E-state index contributed by atoms with van der Waals surface area (Å²) < 4.78 is 29.4. The highest BCUT2D eigenvalue weighted by Crippen LogP contribution is 2.30. The summed E-state index contributed by atoms with van der Waals surface area (Å²) in [5.41, 5.74) is 1.68. The fourth-order valence-corrected chi connectivity index (χ4v) is 6.95. The fourth-order valence-electron chi connectivity index (χ4n) is 4.94. The maximum atomic E-state index is 14.6. The van der Waals surface area contributed by atoms with E-state index in [0.29, 0.717) is 26.9 Å². The van der Waals surface area contributed by atoms with Crippen LogP contribution in [0.15, 0.2) is 108 Å². The van der Waals surface area contributed by atoms with Gasteiger partial charge in [-0.2, -0.15) is 0 Å².